The minimum absolute atomic E-state index is 0.0335. The van der Waals surface area contributed by atoms with Gasteiger partial charge in [-0.3, -0.25) is 0 Å². The second kappa shape index (κ2) is 27.2. The van der Waals surface area contributed by atoms with E-state index in [0.29, 0.717) is 5.92 Å². The van der Waals surface area contributed by atoms with E-state index in [0.717, 1.165) is 32.1 Å². The smallest absolute Gasteiger partial charge is 0.0421 e. The van der Waals surface area contributed by atoms with E-state index in [1.54, 1.807) is 0 Å². The zero-order chi connectivity index (χ0) is 39.7. The van der Waals surface area contributed by atoms with Gasteiger partial charge in [-0.1, -0.05) is 177 Å². The fourth-order valence-corrected chi connectivity index (χ4v) is 6.45. The van der Waals surface area contributed by atoms with Crippen LogP contribution in [0.2, 0.25) is 0 Å². The summed E-state index contributed by atoms with van der Waals surface area (Å²) < 4.78 is 0. The molecular formula is C49H71IN2. The highest BCUT2D eigenvalue weighted by Gasteiger charge is 2.31. The van der Waals surface area contributed by atoms with Crippen LogP contribution < -0.4 is 5.32 Å². The van der Waals surface area contributed by atoms with Crippen molar-refractivity contribution in [1.82, 2.24) is 4.90 Å². The number of benzene rings is 2. The third-order valence-corrected chi connectivity index (χ3v) is 8.99. The number of anilines is 1. The van der Waals surface area contributed by atoms with E-state index < -0.39 is 0 Å². The predicted octanol–water partition coefficient (Wildman–Crippen LogP) is 15.0. The van der Waals surface area contributed by atoms with Gasteiger partial charge in [0.15, 0.2) is 0 Å². The fraction of sp³-hybridized carbons (Fsp3) is 0.429. The van der Waals surface area contributed by atoms with Crippen molar-refractivity contribution in [1.29, 1.82) is 0 Å². The first-order valence-electron chi connectivity index (χ1n) is 19.4. The van der Waals surface area contributed by atoms with Crippen molar-refractivity contribution in [3.63, 3.8) is 0 Å². The number of halogens is 1. The molecule has 0 radical (unpaired) electrons. The number of alkyl halides is 1. The maximum absolute atomic E-state index is 4.00. The first-order chi connectivity index (χ1) is 25.2. The molecule has 0 fully saturated rings. The van der Waals surface area contributed by atoms with Gasteiger partial charge in [0.25, 0.3) is 0 Å². The Morgan fingerprint density at radius 3 is 2.12 bits per heavy atom. The number of rotatable bonds is 9. The number of nitrogens with zero attached hydrogens (tertiary/aromatic N) is 1. The van der Waals surface area contributed by atoms with E-state index in [2.05, 4.69) is 198 Å². The van der Waals surface area contributed by atoms with Crippen LogP contribution in [-0.4, -0.2) is 23.9 Å². The highest BCUT2D eigenvalue weighted by Crippen LogP contribution is 2.43. The van der Waals surface area contributed by atoms with Crippen molar-refractivity contribution in [3.05, 3.63) is 141 Å². The number of hydrogen-bond acceptors (Lipinski definition) is 2. The molecule has 284 valence electrons. The Morgan fingerprint density at radius 1 is 0.904 bits per heavy atom. The van der Waals surface area contributed by atoms with Crippen molar-refractivity contribution in [2.45, 2.75) is 119 Å². The molecule has 3 heteroatoms. The van der Waals surface area contributed by atoms with Gasteiger partial charge in [-0.2, -0.15) is 0 Å². The van der Waals surface area contributed by atoms with Gasteiger partial charge in [-0.25, -0.2) is 0 Å². The zero-order valence-electron chi connectivity index (χ0n) is 35.0. The Labute approximate surface area is 335 Å². The normalized spacial score (nSPS) is 17.9. The third-order valence-electron chi connectivity index (χ3n) is 8.99. The Kier molecular flexibility index (Phi) is 25.3. The third kappa shape index (κ3) is 13.8. The lowest BCUT2D eigenvalue weighted by molar-refractivity contribution is 0.527. The standard InChI is InChI=1S/C39H46N2.C3H8.2C2H6.C2H2.CH3I/c1-7-14-33(41(5)6)16-9-10-18-35-29(23-25-32-27-31-15-8-12-19-36(31)39(32,3)4)21-22-30(35)24-26-37-28(2)34-17-11-13-20-38(34)40-37;1-3-2;4*1-2/h8-9,11-17,19-20,23-28,40H,7,10,18,21-22H2,1-6H3;3H2,1-2H3;2*1-2H3;1-2H;1H3/b16-9-,25-23+,30-24+,33-14+,37-26+;;;;;/t28-;;;;;/m0...../s1. The topological polar surface area (TPSA) is 15.3 Å². The molecule has 0 amide bonds. The van der Waals surface area contributed by atoms with Gasteiger partial charge in [0, 0.05) is 42.5 Å². The van der Waals surface area contributed by atoms with E-state index >= 15 is 0 Å². The molecule has 1 N–H and O–H groups in total. The molecule has 0 spiro atoms. The van der Waals surface area contributed by atoms with Crippen LogP contribution in [0, 0.1) is 12.8 Å². The van der Waals surface area contributed by atoms with Crippen LogP contribution in [0.4, 0.5) is 5.69 Å². The predicted molar refractivity (Wildman–Crippen MR) is 246 cm³/mol. The van der Waals surface area contributed by atoms with Crippen LogP contribution in [0.5, 0.6) is 0 Å². The van der Waals surface area contributed by atoms with Crippen molar-refractivity contribution in [3.8, 4) is 12.8 Å². The van der Waals surface area contributed by atoms with Crippen LogP contribution in [-0.2, 0) is 5.41 Å². The van der Waals surface area contributed by atoms with E-state index in [1.165, 1.54) is 62.5 Å². The molecule has 0 unspecified atom stereocenters. The van der Waals surface area contributed by atoms with Gasteiger partial charge in [-0.05, 0) is 94.2 Å². The highest BCUT2D eigenvalue weighted by atomic mass is 127. The van der Waals surface area contributed by atoms with Crippen LogP contribution in [0.15, 0.2) is 125 Å². The van der Waals surface area contributed by atoms with Gasteiger partial charge in [0.1, 0.15) is 0 Å². The molecule has 0 saturated heterocycles. The molecule has 0 aromatic heterocycles. The maximum Gasteiger partial charge on any atom is 0.0421 e. The van der Waals surface area contributed by atoms with Crippen LogP contribution in [0.3, 0.4) is 0 Å². The van der Waals surface area contributed by atoms with Crippen molar-refractivity contribution >= 4 is 34.4 Å². The minimum Gasteiger partial charge on any atom is -0.378 e. The molecule has 5 rings (SSSR count). The van der Waals surface area contributed by atoms with Gasteiger partial charge >= 0.3 is 0 Å². The Balaban J connectivity index is 0.00000215. The first-order valence-corrected chi connectivity index (χ1v) is 21.6. The quantitative estimate of drug-likeness (QED) is 0.117. The second-order valence-corrected chi connectivity index (χ2v) is 13.0. The number of fused-ring (bicyclic) bond motifs is 2. The Bertz CT molecular complexity index is 1570. The largest absolute Gasteiger partial charge is 0.378 e. The first kappa shape index (κ1) is 48.5. The molecule has 1 aliphatic heterocycles. The summed E-state index contributed by atoms with van der Waals surface area (Å²) in [6, 6.07) is 17.5. The molecule has 3 aliphatic rings. The summed E-state index contributed by atoms with van der Waals surface area (Å²) in [7, 11) is 4.24. The van der Waals surface area contributed by atoms with Gasteiger partial charge in [0.2, 0.25) is 0 Å². The summed E-state index contributed by atoms with van der Waals surface area (Å²) in [5.74, 6) is 0.396. The highest BCUT2D eigenvalue weighted by molar-refractivity contribution is 14.1. The molecule has 0 saturated carbocycles. The van der Waals surface area contributed by atoms with Gasteiger partial charge in [0.05, 0.1) is 0 Å². The average molecular weight is 815 g/mol. The lowest BCUT2D eigenvalue weighted by Gasteiger charge is -2.22. The molecule has 1 heterocycles. The van der Waals surface area contributed by atoms with E-state index in [4.69, 9.17) is 0 Å². The summed E-state index contributed by atoms with van der Waals surface area (Å²) in [6.45, 7) is 21.4. The number of likely N-dealkylation sites (N-methyl/N-ethyl adjacent to an activating group) is 1. The molecule has 2 aromatic rings. The lowest BCUT2D eigenvalue weighted by Crippen LogP contribution is -2.15. The Hall–Kier alpha value is -3.49. The van der Waals surface area contributed by atoms with Gasteiger partial charge in [-0.15, -0.1) is 12.8 Å². The summed E-state index contributed by atoms with van der Waals surface area (Å²) >= 11 is 2.15. The van der Waals surface area contributed by atoms with Crippen LogP contribution in [0.1, 0.15) is 130 Å². The SMILES string of the molecule is C#C.CC.CC.CC/C=C(\C=C/CCC1=C(/C=C/C2=Cc3ccccc3C2(C)C)CC/C1=C\C=C1\Nc2ccccc2[C@@H]1C)N(C)C.CCC.CI. The van der Waals surface area contributed by atoms with E-state index in [1.807, 2.05) is 32.6 Å². The molecule has 2 aliphatic carbocycles. The van der Waals surface area contributed by atoms with Crippen molar-refractivity contribution < 1.29 is 0 Å². The Morgan fingerprint density at radius 2 is 1.52 bits per heavy atom. The number of para-hydroxylation sites is 1. The van der Waals surface area contributed by atoms with Crippen LogP contribution >= 0.6 is 22.6 Å². The molecule has 0 bridgehead atoms. The lowest BCUT2D eigenvalue weighted by atomic mass is 9.81. The summed E-state index contributed by atoms with van der Waals surface area (Å²) in [5, 5.41) is 3.66. The number of allylic oxidation sites excluding steroid dienone is 12. The summed E-state index contributed by atoms with van der Waals surface area (Å²) in [5.41, 5.74) is 13.9. The molecular weight excluding hydrogens is 743 g/mol. The minimum atomic E-state index is 0.0335. The zero-order valence-corrected chi connectivity index (χ0v) is 37.2. The number of nitrogens with one attached hydrogen (secondary N) is 1. The molecule has 2 aromatic carbocycles. The monoisotopic (exact) mass is 814 g/mol. The summed E-state index contributed by atoms with van der Waals surface area (Å²) in [4.78, 5) is 4.17. The van der Waals surface area contributed by atoms with Gasteiger partial charge < -0.3 is 10.2 Å². The van der Waals surface area contributed by atoms with E-state index in [-0.39, 0.29) is 5.41 Å². The number of hydrogen-bond donors (Lipinski definition) is 1. The molecule has 2 nitrogen and oxygen atoms in total. The van der Waals surface area contributed by atoms with E-state index in [9.17, 15) is 0 Å². The fourth-order valence-electron chi connectivity index (χ4n) is 6.45. The van der Waals surface area contributed by atoms with Crippen molar-refractivity contribution in [2.75, 3.05) is 24.3 Å². The summed E-state index contributed by atoms with van der Waals surface area (Å²) in [6.07, 6.45) is 33.4. The number of terminal acetylenes is 1. The van der Waals surface area contributed by atoms with Crippen LogP contribution in [0.25, 0.3) is 6.08 Å². The van der Waals surface area contributed by atoms with Crippen molar-refractivity contribution in [2.24, 2.45) is 0 Å². The average Bonchev–Trinajstić information content (AvgIpc) is 3.81. The molecule has 52 heavy (non-hydrogen) atoms. The second-order valence-electron chi connectivity index (χ2n) is 13.0. The maximum atomic E-state index is 4.00. The molecule has 1 atom stereocenters.